The first kappa shape index (κ1) is 4.41. The fourth-order valence-electron chi connectivity index (χ4n) is 0.324. The van der Waals surface area contributed by atoms with Crippen molar-refractivity contribution in [1.82, 2.24) is 0 Å². The molecule has 2 heteroatoms. The lowest BCUT2D eigenvalue weighted by molar-refractivity contribution is 0.164. The Balaban J connectivity index is 1.88. The zero-order valence-corrected chi connectivity index (χ0v) is 4.24. The van der Waals surface area contributed by atoms with Crippen molar-refractivity contribution >= 4 is 11.6 Å². The molecule has 0 aromatic carbocycles. The lowest BCUT2D eigenvalue weighted by Crippen LogP contribution is -1.86. The number of halogens is 1. The molecule has 0 N–H and O–H groups in total. The van der Waals surface area contributed by atoms with Gasteiger partial charge in [-0.2, -0.15) is 0 Å². The predicted octanol–water partition coefficient (Wildman–Crippen LogP) is 1.36. The highest BCUT2D eigenvalue weighted by atomic mass is 35.5. The zero-order chi connectivity index (χ0) is 4.41. The summed E-state index contributed by atoms with van der Waals surface area (Å²) in [6.45, 7) is 0. The van der Waals surface area contributed by atoms with Crippen LogP contribution in [0.5, 0.6) is 0 Å². The second-order valence-electron chi connectivity index (χ2n) is 1.48. The molecule has 0 amide bonds. The molecule has 1 fully saturated rings. The van der Waals surface area contributed by atoms with Gasteiger partial charge in [-0.1, -0.05) is 11.6 Å². The molecule has 1 rings (SSSR count). The van der Waals surface area contributed by atoms with E-state index in [1.54, 1.807) is 0 Å². The quantitative estimate of drug-likeness (QED) is 0.483. The summed E-state index contributed by atoms with van der Waals surface area (Å²) < 4.78 is 4.92. The average Bonchev–Trinajstić information content (AvgIpc) is 2.21. The molecule has 0 radical (unpaired) electrons. The Labute approximate surface area is 42.2 Å². The van der Waals surface area contributed by atoms with E-state index in [1.165, 1.54) is 12.8 Å². The van der Waals surface area contributed by atoms with Crippen molar-refractivity contribution in [1.29, 1.82) is 0 Å². The van der Waals surface area contributed by atoms with Crippen molar-refractivity contribution < 1.29 is 4.74 Å². The molecule has 0 saturated heterocycles. The molecule has 1 nitrogen and oxygen atoms in total. The van der Waals surface area contributed by atoms with Crippen molar-refractivity contribution in [3.63, 3.8) is 0 Å². The first-order valence-corrected chi connectivity index (χ1v) is 2.64. The minimum atomic E-state index is 0.366. The smallest absolute Gasteiger partial charge is 0.121 e. The van der Waals surface area contributed by atoms with Gasteiger partial charge in [-0.05, 0) is 12.8 Å². The third kappa shape index (κ3) is 1.15. The minimum absolute atomic E-state index is 0.366. The van der Waals surface area contributed by atoms with E-state index in [4.69, 9.17) is 16.3 Å². The van der Waals surface area contributed by atoms with Crippen LogP contribution in [0, 0.1) is 0 Å². The van der Waals surface area contributed by atoms with E-state index in [9.17, 15) is 0 Å². The Morgan fingerprint density at radius 3 is 2.50 bits per heavy atom. The molecule has 0 atom stereocenters. The molecule has 0 heterocycles. The summed E-state index contributed by atoms with van der Waals surface area (Å²) in [6.07, 6.45) is 2.95. The lowest BCUT2D eigenvalue weighted by Gasteiger charge is -1.87. The average molecular weight is 107 g/mol. The monoisotopic (exact) mass is 106 g/mol. The highest BCUT2D eigenvalue weighted by Gasteiger charge is 2.20. The molecule has 0 spiro atoms. The van der Waals surface area contributed by atoms with Crippen LogP contribution < -0.4 is 0 Å². The molecule has 0 aromatic rings. The summed E-state index contributed by atoms with van der Waals surface area (Å²) in [5, 5.41) is 0. The minimum Gasteiger partial charge on any atom is -0.363 e. The van der Waals surface area contributed by atoms with Crippen LogP contribution in [0.15, 0.2) is 0 Å². The van der Waals surface area contributed by atoms with Gasteiger partial charge >= 0.3 is 0 Å². The van der Waals surface area contributed by atoms with Crippen molar-refractivity contribution in [2.45, 2.75) is 18.9 Å². The van der Waals surface area contributed by atoms with Crippen LogP contribution in [-0.2, 0) is 4.74 Å². The van der Waals surface area contributed by atoms with Crippen LogP contribution in [0.4, 0.5) is 0 Å². The van der Waals surface area contributed by atoms with Crippen LogP contribution in [-0.4, -0.2) is 12.2 Å². The molecule has 0 aromatic heterocycles. The SMILES string of the molecule is ClCOC1CC1. The van der Waals surface area contributed by atoms with Crippen LogP contribution in [0.3, 0.4) is 0 Å². The second-order valence-corrected chi connectivity index (χ2v) is 1.69. The number of hydrogen-bond donors (Lipinski definition) is 0. The number of ether oxygens (including phenoxy) is 1. The summed E-state index contributed by atoms with van der Waals surface area (Å²) in [5.41, 5.74) is 0. The van der Waals surface area contributed by atoms with Crippen LogP contribution in [0.25, 0.3) is 0 Å². The van der Waals surface area contributed by atoms with Crippen molar-refractivity contribution in [3.8, 4) is 0 Å². The molecule has 6 heavy (non-hydrogen) atoms. The van der Waals surface area contributed by atoms with E-state index < -0.39 is 0 Å². The van der Waals surface area contributed by atoms with E-state index in [1.807, 2.05) is 0 Å². The maximum absolute atomic E-state index is 5.21. The van der Waals surface area contributed by atoms with Gasteiger partial charge in [0.1, 0.15) is 6.07 Å². The summed E-state index contributed by atoms with van der Waals surface area (Å²) in [7, 11) is 0. The zero-order valence-electron chi connectivity index (χ0n) is 3.48. The van der Waals surface area contributed by atoms with Gasteiger partial charge in [-0.25, -0.2) is 0 Å². The Hall–Kier alpha value is 0.250. The van der Waals surface area contributed by atoms with E-state index in [0.717, 1.165) is 0 Å². The van der Waals surface area contributed by atoms with Crippen molar-refractivity contribution in [2.75, 3.05) is 6.07 Å². The third-order valence-corrected chi connectivity index (χ3v) is 0.949. The molecule has 1 aliphatic carbocycles. The Morgan fingerprint density at radius 2 is 2.33 bits per heavy atom. The van der Waals surface area contributed by atoms with Gasteiger partial charge in [0.15, 0.2) is 0 Å². The molecular weight excluding hydrogens is 99.5 g/mol. The number of rotatable bonds is 2. The molecule has 0 bridgehead atoms. The van der Waals surface area contributed by atoms with Crippen LogP contribution >= 0.6 is 11.6 Å². The highest BCUT2D eigenvalue weighted by Crippen LogP contribution is 2.23. The summed E-state index contributed by atoms with van der Waals surface area (Å²) in [5.74, 6) is 0. The Morgan fingerprint density at radius 1 is 1.67 bits per heavy atom. The third-order valence-electron chi connectivity index (χ3n) is 0.823. The van der Waals surface area contributed by atoms with Gasteiger partial charge < -0.3 is 4.74 Å². The van der Waals surface area contributed by atoms with Crippen LogP contribution in [0.2, 0.25) is 0 Å². The van der Waals surface area contributed by atoms with Crippen LogP contribution in [0.1, 0.15) is 12.8 Å². The van der Waals surface area contributed by atoms with E-state index in [-0.39, 0.29) is 0 Å². The van der Waals surface area contributed by atoms with Crippen molar-refractivity contribution in [2.24, 2.45) is 0 Å². The molecule has 0 unspecified atom stereocenters. The first-order chi connectivity index (χ1) is 2.93. The summed E-state index contributed by atoms with van der Waals surface area (Å²) in [6, 6.07) is 0.366. The first-order valence-electron chi connectivity index (χ1n) is 2.11. The van der Waals surface area contributed by atoms with Gasteiger partial charge in [-0.3, -0.25) is 0 Å². The van der Waals surface area contributed by atoms with Gasteiger partial charge in [0, 0.05) is 0 Å². The number of alkyl halides is 1. The molecular formula is C4H7ClO. The van der Waals surface area contributed by atoms with E-state index in [2.05, 4.69) is 0 Å². The van der Waals surface area contributed by atoms with Gasteiger partial charge in [-0.15, -0.1) is 0 Å². The normalized spacial score (nSPS) is 21.5. The fraction of sp³-hybridized carbons (Fsp3) is 1.00. The van der Waals surface area contributed by atoms with Gasteiger partial charge in [0.2, 0.25) is 0 Å². The fourth-order valence-corrected chi connectivity index (χ4v) is 0.502. The summed E-state index contributed by atoms with van der Waals surface area (Å²) in [4.78, 5) is 0. The number of hydrogen-bond acceptors (Lipinski definition) is 1. The van der Waals surface area contributed by atoms with Gasteiger partial charge in [0.25, 0.3) is 0 Å². The molecule has 0 aliphatic heterocycles. The van der Waals surface area contributed by atoms with Gasteiger partial charge in [0.05, 0.1) is 6.10 Å². The maximum atomic E-state index is 5.21. The molecule has 1 saturated carbocycles. The van der Waals surface area contributed by atoms with E-state index >= 15 is 0 Å². The van der Waals surface area contributed by atoms with E-state index in [0.29, 0.717) is 12.2 Å². The highest BCUT2D eigenvalue weighted by molar-refractivity contribution is 6.17. The Kier molecular flexibility index (Phi) is 1.33. The van der Waals surface area contributed by atoms with Crippen molar-refractivity contribution in [3.05, 3.63) is 0 Å². The molecule has 1 aliphatic rings. The summed E-state index contributed by atoms with van der Waals surface area (Å²) >= 11 is 5.21. The molecule has 36 valence electrons. The topological polar surface area (TPSA) is 9.23 Å². The standard InChI is InChI=1S/C4H7ClO/c5-3-6-4-1-2-4/h4H,1-3H2. The second kappa shape index (κ2) is 1.80. The largest absolute Gasteiger partial charge is 0.363 e. The Bertz CT molecular complexity index is 42.8. The maximum Gasteiger partial charge on any atom is 0.121 e. The predicted molar refractivity (Wildman–Crippen MR) is 24.8 cm³/mol. The lowest BCUT2D eigenvalue weighted by atomic mass is 10.9.